The fourth-order valence-corrected chi connectivity index (χ4v) is 2.19. The Kier molecular flexibility index (Phi) is 5.82. The van der Waals surface area contributed by atoms with Gasteiger partial charge < -0.3 is 9.47 Å². The molecule has 0 amide bonds. The van der Waals surface area contributed by atoms with E-state index in [-0.39, 0.29) is 23.5 Å². The Morgan fingerprint density at radius 2 is 1.92 bits per heavy atom. The lowest BCUT2D eigenvalue weighted by atomic mass is 10.1. The van der Waals surface area contributed by atoms with Crippen molar-refractivity contribution in [3.63, 3.8) is 0 Å². The van der Waals surface area contributed by atoms with Gasteiger partial charge in [-0.3, -0.25) is 0 Å². The molecule has 0 saturated carbocycles. The molecular formula is C18H13F4NO3. The molecule has 8 heteroatoms. The predicted octanol–water partition coefficient (Wildman–Crippen LogP) is 4.47. The first-order chi connectivity index (χ1) is 12.3. The summed E-state index contributed by atoms with van der Waals surface area (Å²) in [7, 11) is 0. The van der Waals surface area contributed by atoms with Crippen LogP contribution in [0.15, 0.2) is 36.4 Å². The molecule has 0 heterocycles. The number of ether oxygens (including phenoxy) is 2. The number of nitriles is 1. The van der Waals surface area contributed by atoms with E-state index in [9.17, 15) is 22.4 Å². The minimum atomic E-state index is -4.68. The van der Waals surface area contributed by atoms with Gasteiger partial charge in [-0.2, -0.15) is 18.4 Å². The van der Waals surface area contributed by atoms with E-state index in [0.717, 1.165) is 0 Å². The van der Waals surface area contributed by atoms with E-state index in [1.54, 1.807) is 6.92 Å². The van der Waals surface area contributed by atoms with Crippen molar-refractivity contribution in [2.45, 2.75) is 19.7 Å². The normalized spacial score (nSPS) is 10.9. The van der Waals surface area contributed by atoms with Gasteiger partial charge in [0.05, 0.1) is 23.3 Å². The van der Waals surface area contributed by atoms with Crippen LogP contribution in [-0.2, 0) is 17.5 Å². The number of esters is 1. The second-order valence-electron chi connectivity index (χ2n) is 5.13. The number of rotatable bonds is 5. The minimum absolute atomic E-state index is 0.0167. The van der Waals surface area contributed by atoms with Crippen molar-refractivity contribution in [2.24, 2.45) is 0 Å². The summed E-state index contributed by atoms with van der Waals surface area (Å²) < 4.78 is 62.5. The number of benzene rings is 2. The summed E-state index contributed by atoms with van der Waals surface area (Å²) in [5, 5.41) is 9.09. The summed E-state index contributed by atoms with van der Waals surface area (Å²) >= 11 is 0. The highest BCUT2D eigenvalue weighted by Gasteiger charge is 2.33. The molecule has 0 radical (unpaired) electrons. The Balaban J connectivity index is 2.32. The van der Waals surface area contributed by atoms with Crippen LogP contribution in [-0.4, -0.2) is 12.6 Å². The van der Waals surface area contributed by atoms with E-state index in [1.807, 2.05) is 6.07 Å². The fourth-order valence-electron chi connectivity index (χ4n) is 2.19. The van der Waals surface area contributed by atoms with Crippen molar-refractivity contribution in [1.82, 2.24) is 0 Å². The largest absolute Gasteiger partial charge is 0.487 e. The fraction of sp³-hybridized carbons (Fsp3) is 0.222. The lowest BCUT2D eigenvalue weighted by Crippen LogP contribution is -2.12. The van der Waals surface area contributed by atoms with Gasteiger partial charge >= 0.3 is 12.1 Å². The van der Waals surface area contributed by atoms with Gasteiger partial charge in [-0.15, -0.1) is 0 Å². The van der Waals surface area contributed by atoms with Crippen LogP contribution < -0.4 is 4.74 Å². The van der Waals surface area contributed by atoms with Crippen LogP contribution in [0.25, 0.3) is 0 Å². The van der Waals surface area contributed by atoms with Gasteiger partial charge in [0, 0.05) is 5.56 Å². The van der Waals surface area contributed by atoms with Gasteiger partial charge in [0.25, 0.3) is 0 Å². The van der Waals surface area contributed by atoms with Crippen LogP contribution in [0.5, 0.6) is 5.75 Å². The second kappa shape index (κ2) is 7.87. The smallest absolute Gasteiger partial charge is 0.416 e. The van der Waals surface area contributed by atoms with Crippen molar-refractivity contribution >= 4 is 5.97 Å². The van der Waals surface area contributed by atoms with Crippen molar-refractivity contribution in [3.05, 3.63) is 64.5 Å². The molecule has 2 rings (SSSR count). The number of hydrogen-bond acceptors (Lipinski definition) is 4. The number of carbonyl (C=O) groups is 1. The quantitative estimate of drug-likeness (QED) is 0.578. The Bertz CT molecular complexity index is 856. The molecular weight excluding hydrogens is 354 g/mol. The first-order valence-electron chi connectivity index (χ1n) is 7.46. The first-order valence-corrected chi connectivity index (χ1v) is 7.46. The Morgan fingerprint density at radius 3 is 2.54 bits per heavy atom. The highest BCUT2D eigenvalue weighted by atomic mass is 19.4. The van der Waals surface area contributed by atoms with E-state index in [1.165, 1.54) is 18.2 Å². The van der Waals surface area contributed by atoms with E-state index in [2.05, 4.69) is 0 Å². The molecule has 0 unspecified atom stereocenters. The molecule has 0 saturated heterocycles. The molecule has 26 heavy (non-hydrogen) atoms. The van der Waals surface area contributed by atoms with Crippen LogP contribution in [0.3, 0.4) is 0 Å². The zero-order valence-electron chi connectivity index (χ0n) is 13.6. The Hall–Kier alpha value is -3.08. The third-order valence-electron chi connectivity index (χ3n) is 3.37. The lowest BCUT2D eigenvalue weighted by Gasteiger charge is -2.14. The highest BCUT2D eigenvalue weighted by Crippen LogP contribution is 2.33. The van der Waals surface area contributed by atoms with E-state index >= 15 is 0 Å². The maximum Gasteiger partial charge on any atom is 0.416 e. The van der Waals surface area contributed by atoms with Crippen LogP contribution in [0.1, 0.15) is 34.0 Å². The summed E-state index contributed by atoms with van der Waals surface area (Å²) in [6, 6.07) is 7.67. The second-order valence-corrected chi connectivity index (χ2v) is 5.13. The van der Waals surface area contributed by atoms with Gasteiger partial charge in [-0.1, -0.05) is 0 Å². The molecule has 0 aliphatic rings. The molecule has 2 aromatic carbocycles. The number of carbonyl (C=O) groups excluding carboxylic acids is 1. The first kappa shape index (κ1) is 19.2. The zero-order chi connectivity index (χ0) is 19.3. The van der Waals surface area contributed by atoms with Crippen LogP contribution >= 0.6 is 0 Å². The molecule has 0 N–H and O–H groups in total. The molecule has 0 spiro atoms. The average Bonchev–Trinajstić information content (AvgIpc) is 2.58. The number of hydrogen-bond donors (Lipinski definition) is 0. The number of alkyl halides is 3. The van der Waals surface area contributed by atoms with E-state index in [4.69, 9.17) is 14.7 Å². The average molecular weight is 367 g/mol. The topological polar surface area (TPSA) is 59.3 Å². The molecule has 0 aliphatic heterocycles. The summed E-state index contributed by atoms with van der Waals surface area (Å²) in [5.74, 6) is -1.61. The predicted molar refractivity (Wildman–Crippen MR) is 82.8 cm³/mol. The molecule has 2 aromatic rings. The molecule has 0 aliphatic carbocycles. The highest BCUT2D eigenvalue weighted by molar-refractivity contribution is 5.90. The summed E-state index contributed by atoms with van der Waals surface area (Å²) in [5.41, 5.74) is -1.37. The number of nitrogens with zero attached hydrogens (tertiary/aromatic N) is 1. The SMILES string of the molecule is CCOC(=O)c1ccc(C#N)c(OCc2cc(F)ccc2C(F)(F)F)c1. The van der Waals surface area contributed by atoms with Gasteiger partial charge in [0.1, 0.15) is 24.2 Å². The molecule has 0 fully saturated rings. The van der Waals surface area contributed by atoms with E-state index in [0.29, 0.717) is 18.2 Å². The summed E-state index contributed by atoms with van der Waals surface area (Å²) in [4.78, 5) is 11.7. The maximum absolute atomic E-state index is 13.3. The third kappa shape index (κ3) is 4.51. The number of halogens is 4. The van der Waals surface area contributed by atoms with E-state index < -0.39 is 35.7 Å². The standard InChI is InChI=1S/C18H13F4NO3/c1-2-25-17(24)11-3-4-12(9-23)16(8-11)26-10-13-7-14(19)5-6-15(13)18(20,21)22/h3-8H,2,10H2,1H3. The molecule has 136 valence electrons. The van der Waals surface area contributed by atoms with Crippen LogP contribution in [0, 0.1) is 17.1 Å². The Labute approximate surface area is 146 Å². The van der Waals surface area contributed by atoms with Gasteiger partial charge in [0.15, 0.2) is 0 Å². The van der Waals surface area contributed by atoms with Gasteiger partial charge in [-0.05, 0) is 43.3 Å². The minimum Gasteiger partial charge on any atom is -0.487 e. The maximum atomic E-state index is 13.3. The van der Waals surface area contributed by atoms with Gasteiger partial charge in [-0.25, -0.2) is 9.18 Å². The monoisotopic (exact) mass is 367 g/mol. The van der Waals surface area contributed by atoms with Crippen LogP contribution in [0.2, 0.25) is 0 Å². The zero-order valence-corrected chi connectivity index (χ0v) is 13.6. The molecule has 0 bridgehead atoms. The third-order valence-corrected chi connectivity index (χ3v) is 3.37. The van der Waals surface area contributed by atoms with Crippen molar-refractivity contribution in [1.29, 1.82) is 5.26 Å². The Morgan fingerprint density at radius 1 is 1.19 bits per heavy atom. The van der Waals surface area contributed by atoms with Crippen LogP contribution in [0.4, 0.5) is 17.6 Å². The molecule has 0 atom stereocenters. The molecule has 0 aromatic heterocycles. The summed E-state index contributed by atoms with van der Waals surface area (Å²) in [6.45, 7) is 1.11. The molecule has 4 nitrogen and oxygen atoms in total. The van der Waals surface area contributed by atoms with Crippen molar-refractivity contribution < 1.29 is 31.8 Å². The lowest BCUT2D eigenvalue weighted by molar-refractivity contribution is -0.138. The van der Waals surface area contributed by atoms with Gasteiger partial charge in [0.2, 0.25) is 0 Å². The van der Waals surface area contributed by atoms with Crippen molar-refractivity contribution in [3.8, 4) is 11.8 Å². The van der Waals surface area contributed by atoms with Crippen molar-refractivity contribution in [2.75, 3.05) is 6.61 Å². The summed E-state index contributed by atoms with van der Waals surface area (Å²) in [6.07, 6.45) is -4.68.